The minimum Gasteiger partial charge on any atom is -0.444 e. The maximum atomic E-state index is 14.2. The summed E-state index contributed by atoms with van der Waals surface area (Å²) in [5.41, 5.74) is 3.80. The van der Waals surface area contributed by atoms with Crippen LogP contribution in [0, 0.1) is 5.92 Å². The molecule has 3 fully saturated rings. The number of anilines is 2. The summed E-state index contributed by atoms with van der Waals surface area (Å²) in [4.78, 5) is 41.3. The van der Waals surface area contributed by atoms with Gasteiger partial charge in [0.25, 0.3) is 5.91 Å². The van der Waals surface area contributed by atoms with E-state index in [0.29, 0.717) is 31.1 Å². The Morgan fingerprint density at radius 2 is 1.76 bits per heavy atom. The van der Waals surface area contributed by atoms with Crippen molar-refractivity contribution in [2.24, 2.45) is 5.92 Å². The molecule has 1 aliphatic carbocycles. The maximum absolute atomic E-state index is 14.2. The van der Waals surface area contributed by atoms with Gasteiger partial charge in [0.1, 0.15) is 11.9 Å². The van der Waals surface area contributed by atoms with E-state index in [1.807, 2.05) is 37.8 Å². The largest absolute Gasteiger partial charge is 0.444 e. The first-order valence-corrected chi connectivity index (χ1v) is 13.6. The predicted octanol–water partition coefficient (Wildman–Crippen LogP) is 4.85. The van der Waals surface area contributed by atoms with Crippen LogP contribution in [0.5, 0.6) is 0 Å². The second-order valence-electron chi connectivity index (χ2n) is 11.5. The molecule has 0 spiro atoms. The zero-order valence-corrected chi connectivity index (χ0v) is 22.7. The van der Waals surface area contributed by atoms with E-state index in [4.69, 9.17) is 4.74 Å². The Balaban J connectivity index is 1.43. The summed E-state index contributed by atoms with van der Waals surface area (Å²) in [6.07, 6.45) is 9.11. The van der Waals surface area contributed by atoms with Gasteiger partial charge in [-0.1, -0.05) is 6.58 Å². The Morgan fingerprint density at radius 1 is 1.05 bits per heavy atom. The van der Waals surface area contributed by atoms with Gasteiger partial charge in [-0.25, -0.2) is 14.8 Å². The van der Waals surface area contributed by atoms with Gasteiger partial charge in [0, 0.05) is 62.1 Å². The number of nitrogens with zero attached hydrogens (tertiary/aromatic N) is 5. The van der Waals surface area contributed by atoms with Crippen LogP contribution in [0.2, 0.25) is 0 Å². The number of hydrogen-bond acceptors (Lipinski definition) is 7. The van der Waals surface area contributed by atoms with Crippen molar-refractivity contribution in [3.63, 3.8) is 0 Å². The summed E-state index contributed by atoms with van der Waals surface area (Å²) >= 11 is 0. The number of piperazine rings is 1. The Hall–Kier alpha value is -3.62. The van der Waals surface area contributed by atoms with Crippen molar-refractivity contribution in [3.05, 3.63) is 60.3 Å². The molecule has 1 N–H and O–H groups in total. The third-order valence-corrected chi connectivity index (χ3v) is 7.31. The molecule has 9 heteroatoms. The quantitative estimate of drug-likeness (QED) is 0.585. The number of benzene rings is 1. The summed E-state index contributed by atoms with van der Waals surface area (Å²) in [5, 5.41) is 3.46. The lowest BCUT2D eigenvalue weighted by Gasteiger charge is -2.42. The van der Waals surface area contributed by atoms with Crippen LogP contribution in [0.1, 0.15) is 68.4 Å². The van der Waals surface area contributed by atoms with E-state index in [-0.39, 0.29) is 18.0 Å². The topological polar surface area (TPSA) is 90.9 Å². The zero-order chi connectivity index (χ0) is 26.9. The van der Waals surface area contributed by atoms with E-state index < -0.39 is 5.60 Å². The smallest absolute Gasteiger partial charge is 0.410 e. The van der Waals surface area contributed by atoms with Gasteiger partial charge >= 0.3 is 6.09 Å². The summed E-state index contributed by atoms with van der Waals surface area (Å²) < 4.78 is 5.63. The summed E-state index contributed by atoms with van der Waals surface area (Å²) in [5.74, 6) is 0.485. The molecule has 9 nitrogen and oxygen atoms in total. The first kappa shape index (κ1) is 26.0. The SMILES string of the molecule is C=C(Nc1ccc(C(=O)N2CCN(C(=O)OC(C)(C)C)CC2c2cncnc2)c(N2CCCC2)c1)C1CC1. The van der Waals surface area contributed by atoms with Crippen LogP contribution >= 0.6 is 0 Å². The average Bonchev–Trinajstić information content (AvgIpc) is 3.61. The summed E-state index contributed by atoms with van der Waals surface area (Å²) in [6.45, 7) is 12.7. The summed E-state index contributed by atoms with van der Waals surface area (Å²) in [6, 6.07) is 5.60. The van der Waals surface area contributed by atoms with E-state index in [2.05, 4.69) is 32.8 Å². The highest BCUT2D eigenvalue weighted by Gasteiger charge is 2.37. The normalized spacial score (nSPS) is 19.9. The molecule has 1 unspecified atom stereocenters. The number of ether oxygens (including phenoxy) is 1. The van der Waals surface area contributed by atoms with E-state index in [1.165, 1.54) is 19.2 Å². The van der Waals surface area contributed by atoms with Crippen LogP contribution in [0.3, 0.4) is 0 Å². The molecule has 3 aliphatic rings. The van der Waals surface area contributed by atoms with Crippen molar-refractivity contribution < 1.29 is 14.3 Å². The van der Waals surface area contributed by atoms with Crippen molar-refractivity contribution in [2.45, 2.75) is 58.1 Å². The fraction of sp³-hybridized carbons (Fsp3) is 0.517. The number of amides is 2. The molecule has 3 heterocycles. The van der Waals surface area contributed by atoms with E-state index in [0.717, 1.165) is 48.6 Å². The van der Waals surface area contributed by atoms with Crippen molar-refractivity contribution in [1.82, 2.24) is 19.8 Å². The molecular weight excluding hydrogens is 480 g/mol. The lowest BCUT2D eigenvalue weighted by molar-refractivity contribution is 0.00402. The first-order chi connectivity index (χ1) is 18.2. The Bertz CT molecular complexity index is 1180. The van der Waals surface area contributed by atoms with E-state index in [1.54, 1.807) is 17.3 Å². The monoisotopic (exact) mass is 518 g/mol. The second kappa shape index (κ2) is 10.6. The van der Waals surface area contributed by atoms with Crippen LogP contribution in [0.15, 0.2) is 49.2 Å². The lowest BCUT2D eigenvalue weighted by atomic mass is 10.0. The molecule has 2 aliphatic heterocycles. The van der Waals surface area contributed by atoms with Gasteiger partial charge in [0.15, 0.2) is 0 Å². The molecule has 1 saturated carbocycles. The standard InChI is InChI=1S/C29H38N6O3/c1-20(21-7-8-21)32-23-9-10-24(25(15-23)33-11-5-6-12-33)27(36)35-14-13-34(28(37)38-29(2,3)4)18-26(35)22-16-30-19-31-17-22/h9-10,15-17,19,21,26,32H,1,5-8,11-14,18H2,2-4H3. The predicted molar refractivity (Wildman–Crippen MR) is 147 cm³/mol. The molecule has 0 radical (unpaired) electrons. The third-order valence-electron chi connectivity index (χ3n) is 7.31. The van der Waals surface area contributed by atoms with Crippen LogP contribution in [0.25, 0.3) is 0 Å². The number of carbonyl (C=O) groups excluding carboxylic acids is 2. The van der Waals surface area contributed by atoms with Gasteiger partial charge in [-0.2, -0.15) is 0 Å². The van der Waals surface area contributed by atoms with E-state index >= 15 is 0 Å². The highest BCUT2D eigenvalue weighted by atomic mass is 16.6. The van der Waals surface area contributed by atoms with Gasteiger partial charge in [0.2, 0.25) is 0 Å². The number of nitrogens with one attached hydrogen (secondary N) is 1. The number of aromatic nitrogens is 2. The number of rotatable bonds is 6. The highest BCUT2D eigenvalue weighted by Crippen LogP contribution is 2.37. The van der Waals surface area contributed by atoms with Gasteiger partial charge in [0.05, 0.1) is 17.3 Å². The Labute approximate surface area is 224 Å². The number of carbonyl (C=O) groups is 2. The third kappa shape index (κ3) is 5.92. The Kier molecular flexibility index (Phi) is 7.27. The zero-order valence-electron chi connectivity index (χ0n) is 22.7. The number of allylic oxidation sites excluding steroid dienone is 1. The fourth-order valence-electron chi connectivity index (χ4n) is 5.17. The molecule has 202 valence electrons. The molecule has 38 heavy (non-hydrogen) atoms. The molecular formula is C29H38N6O3. The summed E-state index contributed by atoms with van der Waals surface area (Å²) in [7, 11) is 0. The molecule has 5 rings (SSSR count). The average molecular weight is 519 g/mol. The molecule has 0 bridgehead atoms. The first-order valence-electron chi connectivity index (χ1n) is 13.6. The van der Waals surface area contributed by atoms with E-state index in [9.17, 15) is 9.59 Å². The maximum Gasteiger partial charge on any atom is 0.410 e. The minimum atomic E-state index is -0.597. The van der Waals surface area contributed by atoms with Gasteiger partial charge in [-0.15, -0.1) is 0 Å². The second-order valence-corrected chi connectivity index (χ2v) is 11.5. The molecule has 2 aromatic rings. The highest BCUT2D eigenvalue weighted by molar-refractivity contribution is 6.01. The minimum absolute atomic E-state index is 0.0582. The van der Waals surface area contributed by atoms with Crippen LogP contribution < -0.4 is 10.2 Å². The van der Waals surface area contributed by atoms with Gasteiger partial charge in [-0.05, 0) is 70.6 Å². The molecule has 2 amide bonds. The lowest BCUT2D eigenvalue weighted by Crippen LogP contribution is -2.53. The number of hydrogen-bond donors (Lipinski definition) is 1. The van der Waals surface area contributed by atoms with Crippen LogP contribution in [-0.2, 0) is 4.74 Å². The molecule has 2 saturated heterocycles. The van der Waals surface area contributed by atoms with Crippen molar-refractivity contribution in [1.29, 1.82) is 0 Å². The fourth-order valence-corrected chi connectivity index (χ4v) is 5.17. The molecule has 1 aromatic carbocycles. The van der Waals surface area contributed by atoms with Gasteiger partial charge in [-0.3, -0.25) is 4.79 Å². The van der Waals surface area contributed by atoms with Crippen molar-refractivity contribution >= 4 is 23.4 Å². The van der Waals surface area contributed by atoms with Crippen molar-refractivity contribution in [3.8, 4) is 0 Å². The molecule has 1 atom stereocenters. The van der Waals surface area contributed by atoms with Crippen LogP contribution in [-0.4, -0.2) is 70.1 Å². The van der Waals surface area contributed by atoms with Crippen LogP contribution in [0.4, 0.5) is 16.2 Å². The van der Waals surface area contributed by atoms with Crippen molar-refractivity contribution in [2.75, 3.05) is 42.9 Å². The molecule has 1 aromatic heterocycles. The Morgan fingerprint density at radius 3 is 2.42 bits per heavy atom. The van der Waals surface area contributed by atoms with Gasteiger partial charge < -0.3 is 24.8 Å².